The fourth-order valence-corrected chi connectivity index (χ4v) is 3.03. The van der Waals surface area contributed by atoms with Crippen molar-refractivity contribution in [3.63, 3.8) is 0 Å². The number of rotatable bonds is 7. The fourth-order valence-electron chi connectivity index (χ4n) is 1.20. The Hall–Kier alpha value is -0.620. The Labute approximate surface area is 90.9 Å². The molecule has 0 saturated heterocycles. The highest BCUT2D eigenvalue weighted by molar-refractivity contribution is 7.89. The van der Waals surface area contributed by atoms with Crippen molar-refractivity contribution < 1.29 is 18.3 Å². The average molecular weight is 237 g/mol. The Balaban J connectivity index is 4.37. The van der Waals surface area contributed by atoms with E-state index in [2.05, 4.69) is 4.72 Å². The lowest BCUT2D eigenvalue weighted by Crippen LogP contribution is -2.40. The average Bonchev–Trinajstić information content (AvgIpc) is 2.13. The van der Waals surface area contributed by atoms with E-state index in [9.17, 15) is 13.2 Å². The summed E-state index contributed by atoms with van der Waals surface area (Å²) in [4.78, 5) is 10.5. The SMILES string of the molecule is CCC(CC)CS(=O)(=O)NC(C)C(=O)O. The molecule has 2 N–H and O–H groups in total. The van der Waals surface area contributed by atoms with Crippen LogP contribution in [0, 0.1) is 5.92 Å². The minimum absolute atomic E-state index is 0.00236. The van der Waals surface area contributed by atoms with Crippen LogP contribution < -0.4 is 4.72 Å². The molecule has 90 valence electrons. The molecule has 0 aromatic rings. The van der Waals surface area contributed by atoms with Gasteiger partial charge in [0.2, 0.25) is 10.0 Å². The summed E-state index contributed by atoms with van der Waals surface area (Å²) >= 11 is 0. The highest BCUT2D eigenvalue weighted by atomic mass is 32.2. The molecule has 0 aliphatic carbocycles. The number of carboxylic acid groups (broad SMARTS) is 1. The highest BCUT2D eigenvalue weighted by Gasteiger charge is 2.21. The van der Waals surface area contributed by atoms with E-state index >= 15 is 0 Å². The van der Waals surface area contributed by atoms with Crippen LogP contribution >= 0.6 is 0 Å². The van der Waals surface area contributed by atoms with Crippen molar-refractivity contribution in [1.82, 2.24) is 4.72 Å². The maximum atomic E-state index is 11.5. The van der Waals surface area contributed by atoms with Crippen LogP contribution in [-0.4, -0.2) is 31.3 Å². The first-order valence-electron chi connectivity index (χ1n) is 5.05. The van der Waals surface area contributed by atoms with Gasteiger partial charge in [-0.2, -0.15) is 0 Å². The van der Waals surface area contributed by atoms with Crippen molar-refractivity contribution in [2.24, 2.45) is 5.92 Å². The molecule has 0 saturated carbocycles. The molecular formula is C9H19NO4S. The van der Waals surface area contributed by atoms with Crippen LogP contribution in [0.25, 0.3) is 0 Å². The van der Waals surface area contributed by atoms with Crippen molar-refractivity contribution in [3.05, 3.63) is 0 Å². The van der Waals surface area contributed by atoms with E-state index in [1.165, 1.54) is 6.92 Å². The zero-order valence-corrected chi connectivity index (χ0v) is 10.2. The number of hydrogen-bond donors (Lipinski definition) is 2. The largest absolute Gasteiger partial charge is 0.480 e. The molecule has 15 heavy (non-hydrogen) atoms. The molecule has 0 radical (unpaired) electrons. The maximum Gasteiger partial charge on any atom is 0.321 e. The number of hydrogen-bond acceptors (Lipinski definition) is 3. The minimum Gasteiger partial charge on any atom is -0.480 e. The Bertz CT molecular complexity index is 295. The second-order valence-corrected chi connectivity index (χ2v) is 5.44. The Morgan fingerprint density at radius 2 is 1.80 bits per heavy atom. The lowest BCUT2D eigenvalue weighted by atomic mass is 10.1. The van der Waals surface area contributed by atoms with Crippen molar-refractivity contribution >= 4 is 16.0 Å². The Morgan fingerprint density at radius 3 is 2.13 bits per heavy atom. The monoisotopic (exact) mass is 237 g/mol. The first-order valence-corrected chi connectivity index (χ1v) is 6.70. The third kappa shape index (κ3) is 5.74. The minimum atomic E-state index is -3.48. The Morgan fingerprint density at radius 1 is 1.33 bits per heavy atom. The number of sulfonamides is 1. The van der Waals surface area contributed by atoms with Gasteiger partial charge in [-0.1, -0.05) is 26.7 Å². The maximum absolute atomic E-state index is 11.5. The topological polar surface area (TPSA) is 83.5 Å². The quantitative estimate of drug-likeness (QED) is 0.686. The van der Waals surface area contributed by atoms with E-state index in [0.717, 1.165) is 12.8 Å². The van der Waals surface area contributed by atoms with Gasteiger partial charge in [0.15, 0.2) is 0 Å². The number of carbonyl (C=O) groups is 1. The molecule has 6 heteroatoms. The molecule has 0 spiro atoms. The van der Waals surface area contributed by atoms with Crippen LogP contribution in [0.2, 0.25) is 0 Å². The van der Waals surface area contributed by atoms with Gasteiger partial charge < -0.3 is 5.11 Å². The van der Waals surface area contributed by atoms with E-state index in [0.29, 0.717) is 0 Å². The van der Waals surface area contributed by atoms with E-state index in [4.69, 9.17) is 5.11 Å². The summed E-state index contributed by atoms with van der Waals surface area (Å²) in [7, 11) is -3.48. The van der Waals surface area contributed by atoms with E-state index in [-0.39, 0.29) is 11.7 Å². The van der Waals surface area contributed by atoms with Crippen LogP contribution in [0.15, 0.2) is 0 Å². The van der Waals surface area contributed by atoms with Gasteiger partial charge in [-0.3, -0.25) is 4.79 Å². The van der Waals surface area contributed by atoms with Crippen molar-refractivity contribution in [1.29, 1.82) is 0 Å². The third-order valence-electron chi connectivity index (χ3n) is 2.34. The summed E-state index contributed by atoms with van der Waals surface area (Å²) < 4.78 is 25.1. The van der Waals surface area contributed by atoms with Gasteiger partial charge in [-0.05, 0) is 12.8 Å². The molecule has 0 amide bonds. The molecular weight excluding hydrogens is 218 g/mol. The van der Waals surface area contributed by atoms with Gasteiger partial charge in [0, 0.05) is 0 Å². The third-order valence-corrected chi connectivity index (χ3v) is 3.96. The van der Waals surface area contributed by atoms with E-state index in [1.807, 2.05) is 13.8 Å². The molecule has 1 atom stereocenters. The molecule has 0 aromatic carbocycles. The molecule has 0 aromatic heterocycles. The normalized spacial score (nSPS) is 14.1. The molecule has 0 aliphatic heterocycles. The first-order chi connectivity index (χ1) is 6.82. The molecule has 5 nitrogen and oxygen atoms in total. The van der Waals surface area contributed by atoms with Crippen molar-refractivity contribution in [2.75, 3.05) is 5.75 Å². The zero-order chi connectivity index (χ0) is 12.1. The lowest BCUT2D eigenvalue weighted by molar-refractivity contribution is -0.138. The van der Waals surface area contributed by atoms with Crippen LogP contribution in [0.5, 0.6) is 0 Å². The molecule has 0 rings (SSSR count). The van der Waals surface area contributed by atoms with Gasteiger partial charge in [0.25, 0.3) is 0 Å². The summed E-state index contributed by atoms with van der Waals surface area (Å²) in [6.07, 6.45) is 1.55. The molecule has 0 fully saturated rings. The van der Waals surface area contributed by atoms with Gasteiger partial charge >= 0.3 is 5.97 Å². The predicted molar refractivity (Wildman–Crippen MR) is 58.1 cm³/mol. The lowest BCUT2D eigenvalue weighted by Gasteiger charge is -2.15. The summed E-state index contributed by atoms with van der Waals surface area (Å²) in [5.74, 6) is -1.08. The van der Waals surface area contributed by atoms with Crippen LogP contribution in [-0.2, 0) is 14.8 Å². The number of aliphatic carboxylic acids is 1. The first kappa shape index (κ1) is 14.4. The number of carboxylic acids is 1. The summed E-state index contributed by atoms with van der Waals surface area (Å²) in [5.41, 5.74) is 0. The molecule has 1 unspecified atom stereocenters. The van der Waals surface area contributed by atoms with Crippen molar-refractivity contribution in [2.45, 2.75) is 39.7 Å². The highest BCUT2D eigenvalue weighted by Crippen LogP contribution is 2.10. The number of nitrogens with one attached hydrogen (secondary N) is 1. The molecule has 0 heterocycles. The van der Waals surface area contributed by atoms with Gasteiger partial charge in [0.1, 0.15) is 6.04 Å². The van der Waals surface area contributed by atoms with Crippen LogP contribution in [0.1, 0.15) is 33.6 Å². The zero-order valence-electron chi connectivity index (χ0n) is 9.36. The standard InChI is InChI=1S/C9H19NO4S/c1-4-8(5-2)6-15(13,14)10-7(3)9(11)12/h7-8,10H,4-6H2,1-3H3,(H,11,12). The van der Waals surface area contributed by atoms with Crippen LogP contribution in [0.4, 0.5) is 0 Å². The van der Waals surface area contributed by atoms with E-state index in [1.54, 1.807) is 0 Å². The van der Waals surface area contributed by atoms with Crippen molar-refractivity contribution in [3.8, 4) is 0 Å². The fraction of sp³-hybridized carbons (Fsp3) is 0.889. The van der Waals surface area contributed by atoms with Gasteiger partial charge in [0.05, 0.1) is 5.75 Å². The summed E-state index contributed by atoms with van der Waals surface area (Å²) in [6.45, 7) is 5.15. The predicted octanol–water partition coefficient (Wildman–Crippen LogP) is 0.815. The molecule has 0 bridgehead atoms. The Kier molecular flexibility index (Phi) is 5.82. The summed E-state index contributed by atoms with van der Waals surface area (Å²) in [6, 6.07) is -1.07. The van der Waals surface area contributed by atoms with Gasteiger partial charge in [-0.15, -0.1) is 0 Å². The van der Waals surface area contributed by atoms with Gasteiger partial charge in [-0.25, -0.2) is 13.1 Å². The van der Waals surface area contributed by atoms with E-state index < -0.39 is 22.0 Å². The molecule has 0 aliphatic rings. The van der Waals surface area contributed by atoms with Crippen LogP contribution in [0.3, 0.4) is 0 Å². The second-order valence-electron chi connectivity index (χ2n) is 3.64. The second kappa shape index (κ2) is 6.07. The summed E-state index contributed by atoms with van der Waals surface area (Å²) in [5, 5.41) is 8.57. The smallest absolute Gasteiger partial charge is 0.321 e.